The molecule has 0 heterocycles. The highest BCUT2D eigenvalue weighted by molar-refractivity contribution is 6.11. The number of nitrogens with zero attached hydrogens (tertiary/aromatic N) is 1. The molecule has 0 unspecified atom stereocenters. The van der Waals surface area contributed by atoms with Crippen LogP contribution in [-0.4, -0.2) is 23.9 Å². The third-order valence-electron chi connectivity index (χ3n) is 5.44. The van der Waals surface area contributed by atoms with E-state index in [9.17, 15) is 18.0 Å². The van der Waals surface area contributed by atoms with E-state index in [2.05, 4.69) is 5.32 Å². The van der Waals surface area contributed by atoms with E-state index in [4.69, 9.17) is 0 Å². The van der Waals surface area contributed by atoms with Crippen LogP contribution in [-0.2, 0) is 6.18 Å². The van der Waals surface area contributed by atoms with E-state index in [1.165, 1.54) is 13.0 Å². The van der Waals surface area contributed by atoms with Gasteiger partial charge in [-0.05, 0) is 68.5 Å². The zero-order valence-corrected chi connectivity index (χ0v) is 17.5. The fourth-order valence-corrected chi connectivity index (χ4v) is 3.78. The van der Waals surface area contributed by atoms with Crippen LogP contribution >= 0.6 is 0 Å². The summed E-state index contributed by atoms with van der Waals surface area (Å²) in [7, 11) is 0. The Balaban J connectivity index is 2.14. The molecule has 0 aliphatic heterocycles. The summed E-state index contributed by atoms with van der Waals surface area (Å²) >= 11 is 0. The molecular formula is C24H25F3N2O. The smallest absolute Gasteiger partial charge is 0.355 e. The van der Waals surface area contributed by atoms with Gasteiger partial charge in [0.15, 0.2) is 0 Å². The number of nitrogens with one attached hydrogen (secondary N) is 1. The third kappa shape index (κ3) is 3.99. The van der Waals surface area contributed by atoms with Gasteiger partial charge in [0.05, 0.1) is 5.56 Å². The molecule has 158 valence electrons. The van der Waals surface area contributed by atoms with E-state index < -0.39 is 11.7 Å². The molecule has 0 aromatic heterocycles. The molecule has 6 heteroatoms. The van der Waals surface area contributed by atoms with Gasteiger partial charge in [0.2, 0.25) is 0 Å². The minimum Gasteiger partial charge on any atom is -0.355 e. The van der Waals surface area contributed by atoms with E-state index in [1.54, 1.807) is 23.1 Å². The molecule has 1 amide bonds. The molecular weight excluding hydrogens is 389 g/mol. The maximum absolute atomic E-state index is 13.3. The summed E-state index contributed by atoms with van der Waals surface area (Å²) in [6.07, 6.45) is -4.42. The van der Waals surface area contributed by atoms with Gasteiger partial charge < -0.3 is 10.2 Å². The first-order chi connectivity index (χ1) is 14.2. The van der Waals surface area contributed by atoms with Crippen LogP contribution in [0, 0.1) is 13.8 Å². The Bertz CT molecular complexity index is 1090. The Morgan fingerprint density at radius 1 is 0.933 bits per heavy atom. The molecule has 1 N–H and O–H groups in total. The lowest BCUT2D eigenvalue weighted by Gasteiger charge is -2.22. The second-order valence-electron chi connectivity index (χ2n) is 7.24. The normalized spacial score (nSPS) is 11.6. The van der Waals surface area contributed by atoms with Gasteiger partial charge in [-0.1, -0.05) is 24.3 Å². The van der Waals surface area contributed by atoms with Gasteiger partial charge in [0.1, 0.15) is 0 Å². The highest BCUT2D eigenvalue weighted by atomic mass is 19.4. The number of anilines is 2. The summed E-state index contributed by atoms with van der Waals surface area (Å²) in [4.78, 5) is 14.8. The van der Waals surface area contributed by atoms with Crippen molar-refractivity contribution >= 4 is 28.1 Å². The van der Waals surface area contributed by atoms with Crippen molar-refractivity contribution in [3.63, 3.8) is 0 Å². The number of hydrogen-bond acceptors (Lipinski definition) is 2. The van der Waals surface area contributed by atoms with Crippen LogP contribution in [0.3, 0.4) is 0 Å². The molecule has 0 atom stereocenters. The topological polar surface area (TPSA) is 32.3 Å². The second kappa shape index (κ2) is 8.38. The predicted molar refractivity (Wildman–Crippen MR) is 115 cm³/mol. The average molecular weight is 414 g/mol. The zero-order chi connectivity index (χ0) is 22.1. The van der Waals surface area contributed by atoms with Crippen LogP contribution in [0.2, 0.25) is 0 Å². The minimum atomic E-state index is -4.42. The lowest BCUT2D eigenvalue weighted by Crippen LogP contribution is -2.30. The number of alkyl halides is 3. The molecule has 3 nitrogen and oxygen atoms in total. The zero-order valence-electron chi connectivity index (χ0n) is 17.5. The van der Waals surface area contributed by atoms with E-state index in [1.807, 2.05) is 39.0 Å². The molecule has 0 saturated carbocycles. The summed E-state index contributed by atoms with van der Waals surface area (Å²) in [5.74, 6) is -0.0545. The van der Waals surface area contributed by atoms with Crippen molar-refractivity contribution in [3.8, 4) is 0 Å². The summed E-state index contributed by atoms with van der Waals surface area (Å²) in [5, 5.41) is 4.76. The molecule has 3 rings (SSSR count). The van der Waals surface area contributed by atoms with Crippen molar-refractivity contribution in [2.24, 2.45) is 0 Å². The maximum atomic E-state index is 13.3. The standard InChI is InChI=1S/C24H25F3N2O/c1-5-29(6-2)23(30)18-13-14-21(17-10-7-9-15(3)22(17)18)28-20-12-8-11-19(16(20)4)24(25,26)27/h7-14,28H,5-6H2,1-4H3. The van der Waals surface area contributed by atoms with Crippen LogP contribution in [0.1, 0.15) is 40.9 Å². The summed E-state index contributed by atoms with van der Waals surface area (Å²) in [5.41, 5.74) is 2.05. The van der Waals surface area contributed by atoms with Crippen molar-refractivity contribution in [1.29, 1.82) is 0 Å². The highest BCUT2D eigenvalue weighted by Gasteiger charge is 2.33. The van der Waals surface area contributed by atoms with Gasteiger partial charge in [-0.2, -0.15) is 13.2 Å². The number of amides is 1. The average Bonchev–Trinajstić information content (AvgIpc) is 2.70. The molecule has 0 aliphatic rings. The Kier molecular flexibility index (Phi) is 6.06. The number of aryl methyl sites for hydroxylation is 1. The fourth-order valence-electron chi connectivity index (χ4n) is 3.78. The number of fused-ring (bicyclic) bond motifs is 1. The van der Waals surface area contributed by atoms with Crippen LogP contribution in [0.4, 0.5) is 24.5 Å². The largest absolute Gasteiger partial charge is 0.416 e. The molecule has 3 aromatic carbocycles. The fraction of sp³-hybridized carbons (Fsp3) is 0.292. The van der Waals surface area contributed by atoms with E-state index in [0.29, 0.717) is 30.0 Å². The molecule has 30 heavy (non-hydrogen) atoms. The van der Waals surface area contributed by atoms with Gasteiger partial charge in [-0.3, -0.25) is 4.79 Å². The van der Waals surface area contributed by atoms with Crippen LogP contribution in [0.5, 0.6) is 0 Å². The minimum absolute atomic E-state index is 0.0545. The number of benzene rings is 3. The van der Waals surface area contributed by atoms with Gasteiger partial charge in [-0.25, -0.2) is 0 Å². The molecule has 0 aliphatic carbocycles. The van der Waals surface area contributed by atoms with Crippen molar-refractivity contribution in [3.05, 3.63) is 70.8 Å². The monoisotopic (exact) mass is 414 g/mol. The van der Waals surface area contributed by atoms with Gasteiger partial charge in [-0.15, -0.1) is 0 Å². The quantitative estimate of drug-likeness (QED) is 0.504. The Labute approximate surface area is 174 Å². The van der Waals surface area contributed by atoms with Gasteiger partial charge >= 0.3 is 6.18 Å². The molecule has 0 saturated heterocycles. The van der Waals surface area contributed by atoms with E-state index >= 15 is 0 Å². The highest BCUT2D eigenvalue weighted by Crippen LogP contribution is 2.37. The van der Waals surface area contributed by atoms with E-state index in [0.717, 1.165) is 22.4 Å². The number of rotatable bonds is 5. The van der Waals surface area contributed by atoms with Crippen LogP contribution < -0.4 is 5.32 Å². The summed E-state index contributed by atoms with van der Waals surface area (Å²) in [6.45, 7) is 8.46. The maximum Gasteiger partial charge on any atom is 0.416 e. The van der Waals surface area contributed by atoms with Crippen molar-refractivity contribution in [2.75, 3.05) is 18.4 Å². The Hall–Kier alpha value is -3.02. The van der Waals surface area contributed by atoms with Crippen molar-refractivity contribution in [2.45, 2.75) is 33.9 Å². The molecule has 0 radical (unpaired) electrons. The molecule has 3 aromatic rings. The molecule has 0 fully saturated rings. The van der Waals surface area contributed by atoms with Crippen molar-refractivity contribution in [1.82, 2.24) is 4.90 Å². The lowest BCUT2D eigenvalue weighted by molar-refractivity contribution is -0.138. The Morgan fingerprint density at radius 3 is 2.23 bits per heavy atom. The number of carbonyl (C=O) groups is 1. The van der Waals surface area contributed by atoms with Gasteiger partial charge in [0, 0.05) is 35.4 Å². The van der Waals surface area contributed by atoms with Crippen LogP contribution in [0.25, 0.3) is 10.8 Å². The number of halogens is 3. The lowest BCUT2D eigenvalue weighted by atomic mass is 9.97. The summed E-state index contributed by atoms with van der Waals surface area (Å²) < 4.78 is 39.9. The van der Waals surface area contributed by atoms with Crippen LogP contribution in [0.15, 0.2) is 48.5 Å². The SMILES string of the molecule is CCN(CC)C(=O)c1ccc(Nc2cccc(C(F)(F)F)c2C)c2cccc(C)c12. The van der Waals surface area contributed by atoms with Crippen molar-refractivity contribution < 1.29 is 18.0 Å². The first-order valence-corrected chi connectivity index (χ1v) is 9.94. The summed E-state index contributed by atoms with van der Waals surface area (Å²) in [6, 6.07) is 13.3. The van der Waals surface area contributed by atoms with Gasteiger partial charge in [0.25, 0.3) is 5.91 Å². The van der Waals surface area contributed by atoms with E-state index in [-0.39, 0.29) is 11.5 Å². The molecule has 0 spiro atoms. The number of hydrogen-bond donors (Lipinski definition) is 1. The molecule has 0 bridgehead atoms. The number of carbonyl (C=O) groups excluding carboxylic acids is 1. The predicted octanol–water partition coefficient (Wildman–Crippen LogP) is 6.70. The third-order valence-corrected chi connectivity index (χ3v) is 5.44. The first kappa shape index (κ1) is 21.7. The second-order valence-corrected chi connectivity index (χ2v) is 7.24. The Morgan fingerprint density at radius 2 is 1.60 bits per heavy atom. The first-order valence-electron chi connectivity index (χ1n) is 9.94.